The number of Topliss-reactive ketones (excluding diaryl/α,β-unsaturated/α-hetero) is 1. The summed E-state index contributed by atoms with van der Waals surface area (Å²) in [5.74, 6) is 0.128. The Morgan fingerprint density at radius 1 is 1.56 bits per heavy atom. The molecular weight excluding hydrogens is 202 g/mol. The zero-order chi connectivity index (χ0) is 11.6. The molecule has 16 heavy (non-hydrogen) atoms. The zero-order valence-corrected chi connectivity index (χ0v) is 9.78. The Morgan fingerprint density at radius 2 is 2.25 bits per heavy atom. The number of carbonyl (C=O) groups is 1. The minimum Gasteiger partial charge on any atom is -0.325 e. The molecule has 1 heterocycles. The van der Waals surface area contributed by atoms with E-state index in [2.05, 4.69) is 5.10 Å². The number of carbonyl (C=O) groups excluding carboxylic acids is 1. The van der Waals surface area contributed by atoms with Gasteiger partial charge in [-0.25, -0.2) is 0 Å². The van der Waals surface area contributed by atoms with Crippen molar-refractivity contribution in [2.45, 2.75) is 51.1 Å². The Bertz CT molecular complexity index is 377. The summed E-state index contributed by atoms with van der Waals surface area (Å²) in [4.78, 5) is 12.1. The van der Waals surface area contributed by atoms with Gasteiger partial charge in [0.05, 0.1) is 0 Å². The van der Waals surface area contributed by atoms with E-state index in [1.807, 2.05) is 6.92 Å². The maximum Gasteiger partial charge on any atom is 0.182 e. The SMILES string of the molecule is CCn1nccc1C(=O)CC1(N)CCCC1. The molecule has 4 nitrogen and oxygen atoms in total. The van der Waals surface area contributed by atoms with Gasteiger partial charge < -0.3 is 5.73 Å². The number of nitrogens with zero attached hydrogens (tertiary/aromatic N) is 2. The molecule has 0 saturated heterocycles. The van der Waals surface area contributed by atoms with E-state index in [1.165, 1.54) is 0 Å². The van der Waals surface area contributed by atoms with E-state index in [9.17, 15) is 4.79 Å². The van der Waals surface area contributed by atoms with Crippen molar-refractivity contribution >= 4 is 5.78 Å². The summed E-state index contributed by atoms with van der Waals surface area (Å²) in [6.45, 7) is 2.71. The Morgan fingerprint density at radius 3 is 2.88 bits per heavy atom. The van der Waals surface area contributed by atoms with E-state index in [0.29, 0.717) is 12.1 Å². The number of hydrogen-bond acceptors (Lipinski definition) is 3. The van der Waals surface area contributed by atoms with Crippen LogP contribution in [-0.4, -0.2) is 21.1 Å². The van der Waals surface area contributed by atoms with E-state index in [0.717, 1.165) is 32.2 Å². The molecule has 4 heteroatoms. The van der Waals surface area contributed by atoms with Crippen LogP contribution in [0.5, 0.6) is 0 Å². The van der Waals surface area contributed by atoms with E-state index in [4.69, 9.17) is 5.73 Å². The lowest BCUT2D eigenvalue weighted by Crippen LogP contribution is -2.39. The van der Waals surface area contributed by atoms with Crippen molar-refractivity contribution < 1.29 is 4.79 Å². The largest absolute Gasteiger partial charge is 0.325 e. The van der Waals surface area contributed by atoms with Crippen LogP contribution in [0.1, 0.15) is 49.5 Å². The summed E-state index contributed by atoms with van der Waals surface area (Å²) in [6.07, 6.45) is 6.37. The molecular formula is C12H19N3O. The number of hydrogen-bond donors (Lipinski definition) is 1. The monoisotopic (exact) mass is 221 g/mol. The Labute approximate surface area is 95.8 Å². The van der Waals surface area contributed by atoms with Crippen LogP contribution < -0.4 is 5.73 Å². The molecule has 0 unspecified atom stereocenters. The van der Waals surface area contributed by atoms with Crippen molar-refractivity contribution in [1.29, 1.82) is 0 Å². The Kier molecular flexibility index (Phi) is 3.10. The second-order valence-electron chi connectivity index (χ2n) is 4.70. The lowest BCUT2D eigenvalue weighted by molar-refractivity contribution is 0.0942. The second-order valence-corrected chi connectivity index (χ2v) is 4.70. The smallest absolute Gasteiger partial charge is 0.182 e. The van der Waals surface area contributed by atoms with Crippen LogP contribution in [0, 0.1) is 0 Å². The predicted octanol–water partition coefficient (Wildman–Crippen LogP) is 1.75. The van der Waals surface area contributed by atoms with Gasteiger partial charge in [0.15, 0.2) is 5.78 Å². The minimum absolute atomic E-state index is 0.128. The molecule has 0 aliphatic heterocycles. The maximum atomic E-state index is 12.1. The van der Waals surface area contributed by atoms with Crippen molar-refractivity contribution in [2.24, 2.45) is 5.73 Å². The molecule has 0 radical (unpaired) electrons. The molecule has 1 aromatic heterocycles. The number of aromatic nitrogens is 2. The van der Waals surface area contributed by atoms with Crippen molar-refractivity contribution in [1.82, 2.24) is 9.78 Å². The number of rotatable bonds is 4. The molecule has 2 N–H and O–H groups in total. The van der Waals surface area contributed by atoms with Gasteiger partial charge in [0.1, 0.15) is 5.69 Å². The van der Waals surface area contributed by atoms with E-state index >= 15 is 0 Å². The van der Waals surface area contributed by atoms with Gasteiger partial charge in [-0.3, -0.25) is 9.48 Å². The molecule has 0 atom stereocenters. The topological polar surface area (TPSA) is 60.9 Å². The number of aryl methyl sites for hydroxylation is 1. The second kappa shape index (κ2) is 4.37. The van der Waals surface area contributed by atoms with E-state index in [1.54, 1.807) is 16.9 Å². The quantitative estimate of drug-likeness (QED) is 0.788. The van der Waals surface area contributed by atoms with Crippen molar-refractivity contribution in [3.05, 3.63) is 18.0 Å². The fourth-order valence-corrected chi connectivity index (χ4v) is 2.49. The first-order chi connectivity index (χ1) is 7.64. The molecule has 1 saturated carbocycles. The minimum atomic E-state index is -0.264. The van der Waals surface area contributed by atoms with Gasteiger partial charge in [0, 0.05) is 24.7 Å². The van der Waals surface area contributed by atoms with Gasteiger partial charge in [-0.15, -0.1) is 0 Å². The molecule has 0 amide bonds. The molecule has 0 spiro atoms. The molecule has 88 valence electrons. The van der Waals surface area contributed by atoms with Crippen LogP contribution in [0.2, 0.25) is 0 Å². The van der Waals surface area contributed by atoms with Gasteiger partial charge >= 0.3 is 0 Å². The number of ketones is 1. The molecule has 1 aliphatic carbocycles. The third-order valence-electron chi connectivity index (χ3n) is 3.41. The predicted molar refractivity (Wildman–Crippen MR) is 62.2 cm³/mol. The Balaban J connectivity index is 2.08. The lowest BCUT2D eigenvalue weighted by atomic mass is 9.91. The van der Waals surface area contributed by atoms with Crippen LogP contribution in [-0.2, 0) is 6.54 Å². The molecule has 1 fully saturated rings. The van der Waals surface area contributed by atoms with Crippen molar-refractivity contribution in [2.75, 3.05) is 0 Å². The standard InChI is InChI=1S/C12H19N3O/c1-2-15-10(5-8-14-15)11(16)9-12(13)6-3-4-7-12/h5,8H,2-4,6-7,9,13H2,1H3. The molecule has 0 aromatic carbocycles. The van der Waals surface area contributed by atoms with E-state index < -0.39 is 0 Å². The van der Waals surface area contributed by atoms with Crippen LogP contribution in [0.3, 0.4) is 0 Å². The normalized spacial score (nSPS) is 18.9. The van der Waals surface area contributed by atoms with Crippen LogP contribution in [0.15, 0.2) is 12.3 Å². The fourth-order valence-electron chi connectivity index (χ4n) is 2.49. The van der Waals surface area contributed by atoms with Crippen molar-refractivity contribution in [3.8, 4) is 0 Å². The third kappa shape index (κ3) is 2.16. The molecule has 1 aliphatic rings. The summed E-state index contributed by atoms with van der Waals surface area (Å²) in [5.41, 5.74) is 6.64. The van der Waals surface area contributed by atoms with Gasteiger partial charge in [-0.2, -0.15) is 5.10 Å². The molecule has 1 aromatic rings. The highest BCUT2D eigenvalue weighted by Crippen LogP contribution is 2.31. The zero-order valence-electron chi connectivity index (χ0n) is 9.78. The van der Waals surface area contributed by atoms with Gasteiger partial charge in [-0.05, 0) is 25.8 Å². The first kappa shape index (κ1) is 11.3. The highest BCUT2D eigenvalue weighted by Gasteiger charge is 2.32. The van der Waals surface area contributed by atoms with Crippen LogP contribution in [0.4, 0.5) is 0 Å². The van der Waals surface area contributed by atoms with E-state index in [-0.39, 0.29) is 11.3 Å². The first-order valence-corrected chi connectivity index (χ1v) is 5.98. The first-order valence-electron chi connectivity index (χ1n) is 5.98. The highest BCUT2D eigenvalue weighted by atomic mass is 16.1. The summed E-state index contributed by atoms with van der Waals surface area (Å²) in [5, 5.41) is 4.11. The Hall–Kier alpha value is -1.16. The molecule has 2 rings (SSSR count). The van der Waals surface area contributed by atoms with Gasteiger partial charge in [0.25, 0.3) is 0 Å². The average molecular weight is 221 g/mol. The van der Waals surface area contributed by atoms with Crippen LogP contribution in [0.25, 0.3) is 0 Å². The van der Waals surface area contributed by atoms with Gasteiger partial charge in [-0.1, -0.05) is 12.8 Å². The number of nitrogens with two attached hydrogens (primary N) is 1. The molecule has 0 bridgehead atoms. The lowest BCUT2D eigenvalue weighted by Gasteiger charge is -2.22. The van der Waals surface area contributed by atoms with Crippen LogP contribution >= 0.6 is 0 Å². The summed E-state index contributed by atoms with van der Waals surface area (Å²) in [7, 11) is 0. The highest BCUT2D eigenvalue weighted by molar-refractivity contribution is 5.95. The summed E-state index contributed by atoms with van der Waals surface area (Å²) in [6, 6.07) is 1.78. The van der Waals surface area contributed by atoms with Crippen molar-refractivity contribution in [3.63, 3.8) is 0 Å². The summed E-state index contributed by atoms with van der Waals surface area (Å²) >= 11 is 0. The maximum absolute atomic E-state index is 12.1. The third-order valence-corrected chi connectivity index (χ3v) is 3.41. The average Bonchev–Trinajstić information content (AvgIpc) is 2.85. The fraction of sp³-hybridized carbons (Fsp3) is 0.667. The van der Waals surface area contributed by atoms with Gasteiger partial charge in [0.2, 0.25) is 0 Å². The summed E-state index contributed by atoms with van der Waals surface area (Å²) < 4.78 is 1.74.